The third kappa shape index (κ3) is 3.58. The monoisotopic (exact) mass is 292 g/mol. The minimum atomic E-state index is -0.869. The number of hydrogen-bond acceptors (Lipinski definition) is 3. The van der Waals surface area contributed by atoms with Gasteiger partial charge in [0.25, 0.3) is 0 Å². The highest BCUT2D eigenvalue weighted by Crippen LogP contribution is 2.31. The number of carboxylic acid groups (broad SMARTS) is 1. The second kappa shape index (κ2) is 6.86. The molecule has 0 radical (unpaired) electrons. The Kier molecular flexibility index (Phi) is 5.15. The van der Waals surface area contributed by atoms with Gasteiger partial charge in [0.05, 0.1) is 6.61 Å². The molecule has 0 spiro atoms. The molecule has 1 heterocycles. The summed E-state index contributed by atoms with van der Waals surface area (Å²) in [5.74, 6) is -0.192. The summed E-state index contributed by atoms with van der Waals surface area (Å²) in [5, 5.41) is 10.3. The molecule has 0 amide bonds. The summed E-state index contributed by atoms with van der Waals surface area (Å²) in [7, 11) is 0. The van der Waals surface area contributed by atoms with Gasteiger partial charge < -0.3 is 9.84 Å². The van der Waals surface area contributed by atoms with Crippen LogP contribution in [0, 0.1) is 5.92 Å². The Morgan fingerprint density at radius 1 is 1.35 bits per heavy atom. The van der Waals surface area contributed by atoms with Crippen molar-refractivity contribution in [3.8, 4) is 0 Å². The van der Waals surface area contributed by atoms with Crippen molar-refractivity contribution in [2.45, 2.75) is 33.3 Å². The molecule has 2 aromatic rings. The standard InChI is InChI=1S/C16H20O3S/c1-11(2)6-5-9-19-10-13-12-7-3-4-8-14(12)20-15(13)16(17)18/h3-4,7-8,11H,5-6,9-10H2,1-2H3,(H,17,18). The second-order valence-corrected chi connectivity index (χ2v) is 6.35. The van der Waals surface area contributed by atoms with E-state index < -0.39 is 5.97 Å². The summed E-state index contributed by atoms with van der Waals surface area (Å²) in [6, 6.07) is 7.78. The lowest BCUT2D eigenvalue weighted by atomic mass is 10.1. The Hall–Kier alpha value is -1.39. The van der Waals surface area contributed by atoms with Gasteiger partial charge in [-0.3, -0.25) is 0 Å². The van der Waals surface area contributed by atoms with E-state index in [0.717, 1.165) is 28.5 Å². The van der Waals surface area contributed by atoms with Crippen molar-refractivity contribution in [2.75, 3.05) is 6.61 Å². The first-order valence-electron chi connectivity index (χ1n) is 6.91. The fourth-order valence-corrected chi connectivity index (χ4v) is 3.23. The van der Waals surface area contributed by atoms with E-state index in [2.05, 4.69) is 13.8 Å². The van der Waals surface area contributed by atoms with Gasteiger partial charge in [-0.15, -0.1) is 11.3 Å². The third-order valence-corrected chi connectivity index (χ3v) is 4.41. The Labute approximate surface area is 123 Å². The maximum atomic E-state index is 11.3. The topological polar surface area (TPSA) is 46.5 Å². The zero-order chi connectivity index (χ0) is 14.5. The van der Waals surface area contributed by atoms with Crippen LogP contribution in [0.5, 0.6) is 0 Å². The van der Waals surface area contributed by atoms with Gasteiger partial charge >= 0.3 is 5.97 Å². The summed E-state index contributed by atoms with van der Waals surface area (Å²) >= 11 is 1.32. The zero-order valence-corrected chi connectivity index (χ0v) is 12.7. The molecule has 3 nitrogen and oxygen atoms in total. The molecule has 0 bridgehead atoms. The van der Waals surface area contributed by atoms with Crippen LogP contribution in [0.3, 0.4) is 0 Å². The van der Waals surface area contributed by atoms with E-state index in [1.807, 2.05) is 24.3 Å². The number of hydrogen-bond donors (Lipinski definition) is 1. The lowest BCUT2D eigenvalue weighted by Gasteiger charge is -2.06. The van der Waals surface area contributed by atoms with Crippen LogP contribution in [0.4, 0.5) is 0 Å². The average Bonchev–Trinajstić information content (AvgIpc) is 2.77. The number of thiophene rings is 1. The molecule has 0 fully saturated rings. The lowest BCUT2D eigenvalue weighted by Crippen LogP contribution is -2.02. The number of benzene rings is 1. The first kappa shape index (κ1) is 15.0. The number of aromatic carboxylic acids is 1. The van der Waals surface area contributed by atoms with Gasteiger partial charge in [0, 0.05) is 16.9 Å². The molecular formula is C16H20O3S. The smallest absolute Gasteiger partial charge is 0.346 e. The van der Waals surface area contributed by atoms with Crippen molar-refractivity contribution in [3.63, 3.8) is 0 Å². The summed E-state index contributed by atoms with van der Waals surface area (Å²) in [5.41, 5.74) is 0.808. The minimum Gasteiger partial charge on any atom is -0.477 e. The van der Waals surface area contributed by atoms with E-state index in [-0.39, 0.29) is 0 Å². The molecule has 4 heteroatoms. The Bertz CT molecular complexity index is 586. The van der Waals surface area contributed by atoms with Crippen LogP contribution in [-0.4, -0.2) is 17.7 Å². The highest BCUT2D eigenvalue weighted by Gasteiger charge is 2.17. The van der Waals surface area contributed by atoms with Crippen LogP contribution in [0.25, 0.3) is 10.1 Å². The predicted octanol–water partition coefficient (Wildman–Crippen LogP) is 4.55. The highest BCUT2D eigenvalue weighted by molar-refractivity contribution is 7.21. The van der Waals surface area contributed by atoms with Gasteiger partial charge in [-0.25, -0.2) is 4.79 Å². The first-order valence-corrected chi connectivity index (χ1v) is 7.72. The molecule has 0 atom stereocenters. The van der Waals surface area contributed by atoms with Crippen molar-refractivity contribution in [2.24, 2.45) is 5.92 Å². The van der Waals surface area contributed by atoms with Gasteiger partial charge in [-0.05, 0) is 30.2 Å². The molecule has 0 saturated heterocycles. The fourth-order valence-electron chi connectivity index (χ4n) is 2.18. The zero-order valence-electron chi connectivity index (χ0n) is 11.9. The molecular weight excluding hydrogens is 272 g/mol. The largest absolute Gasteiger partial charge is 0.477 e. The quantitative estimate of drug-likeness (QED) is 0.761. The van der Waals surface area contributed by atoms with Gasteiger partial charge in [0.15, 0.2) is 0 Å². The van der Waals surface area contributed by atoms with Crippen molar-refractivity contribution in [3.05, 3.63) is 34.7 Å². The molecule has 108 valence electrons. The molecule has 1 aromatic carbocycles. The van der Waals surface area contributed by atoms with E-state index in [1.165, 1.54) is 11.3 Å². The van der Waals surface area contributed by atoms with E-state index in [4.69, 9.17) is 4.74 Å². The van der Waals surface area contributed by atoms with E-state index in [0.29, 0.717) is 24.0 Å². The summed E-state index contributed by atoms with van der Waals surface area (Å²) in [4.78, 5) is 11.7. The van der Waals surface area contributed by atoms with Crippen molar-refractivity contribution in [1.29, 1.82) is 0 Å². The summed E-state index contributed by atoms with van der Waals surface area (Å²) in [6.45, 7) is 5.44. The van der Waals surface area contributed by atoms with Crippen LogP contribution >= 0.6 is 11.3 Å². The Balaban J connectivity index is 2.08. The Morgan fingerprint density at radius 3 is 2.80 bits per heavy atom. The molecule has 0 unspecified atom stereocenters. The van der Waals surface area contributed by atoms with E-state index in [9.17, 15) is 9.90 Å². The van der Waals surface area contributed by atoms with Crippen LogP contribution in [0.15, 0.2) is 24.3 Å². The second-order valence-electron chi connectivity index (χ2n) is 5.30. The highest BCUT2D eigenvalue weighted by atomic mass is 32.1. The van der Waals surface area contributed by atoms with Gasteiger partial charge in [-0.1, -0.05) is 32.0 Å². The van der Waals surface area contributed by atoms with Crippen molar-refractivity contribution < 1.29 is 14.6 Å². The van der Waals surface area contributed by atoms with Gasteiger partial charge in [0.1, 0.15) is 4.88 Å². The van der Waals surface area contributed by atoms with Crippen molar-refractivity contribution >= 4 is 27.4 Å². The SMILES string of the molecule is CC(C)CCCOCc1c(C(=O)O)sc2ccccc12. The number of carboxylic acids is 1. The first-order chi connectivity index (χ1) is 9.59. The van der Waals surface area contributed by atoms with E-state index in [1.54, 1.807) is 0 Å². The molecule has 0 aliphatic rings. The molecule has 1 aromatic heterocycles. The van der Waals surface area contributed by atoms with Crippen LogP contribution in [-0.2, 0) is 11.3 Å². The normalized spacial score (nSPS) is 11.3. The molecule has 0 saturated carbocycles. The Morgan fingerprint density at radius 2 is 2.10 bits per heavy atom. The minimum absolute atomic E-state index is 0.379. The maximum absolute atomic E-state index is 11.3. The van der Waals surface area contributed by atoms with Gasteiger partial charge in [-0.2, -0.15) is 0 Å². The predicted molar refractivity (Wildman–Crippen MR) is 82.5 cm³/mol. The van der Waals surface area contributed by atoms with E-state index >= 15 is 0 Å². The lowest BCUT2D eigenvalue weighted by molar-refractivity contribution is 0.0693. The average molecular weight is 292 g/mol. The molecule has 2 rings (SSSR count). The molecule has 0 aliphatic carbocycles. The molecule has 0 aliphatic heterocycles. The number of carbonyl (C=O) groups is 1. The van der Waals surface area contributed by atoms with Gasteiger partial charge in [0.2, 0.25) is 0 Å². The molecule has 1 N–H and O–H groups in total. The van der Waals surface area contributed by atoms with Crippen LogP contribution in [0.1, 0.15) is 41.9 Å². The van der Waals surface area contributed by atoms with Crippen LogP contribution in [0.2, 0.25) is 0 Å². The summed E-state index contributed by atoms with van der Waals surface area (Å²) < 4.78 is 6.68. The summed E-state index contributed by atoms with van der Waals surface area (Å²) in [6.07, 6.45) is 2.15. The number of rotatable bonds is 7. The number of ether oxygens (including phenoxy) is 1. The molecule has 20 heavy (non-hydrogen) atoms. The maximum Gasteiger partial charge on any atom is 0.346 e. The third-order valence-electron chi connectivity index (χ3n) is 3.21. The number of fused-ring (bicyclic) bond motifs is 1. The van der Waals surface area contributed by atoms with Crippen LogP contribution < -0.4 is 0 Å². The van der Waals surface area contributed by atoms with Crippen molar-refractivity contribution in [1.82, 2.24) is 0 Å². The fraction of sp³-hybridized carbons (Fsp3) is 0.438.